The fraction of sp³-hybridized carbons (Fsp3) is 0.467. The molecule has 2 N–H and O–H groups in total. The number of nitrogens with one attached hydrogen (secondary N) is 1. The van der Waals surface area contributed by atoms with Crippen LogP contribution in [-0.2, 0) is 4.79 Å². The largest absolute Gasteiger partial charge is 0.497 e. The highest BCUT2D eigenvalue weighted by molar-refractivity contribution is 5.75. The second kappa shape index (κ2) is 8.76. The van der Waals surface area contributed by atoms with E-state index in [1.165, 1.54) is 4.90 Å². The van der Waals surface area contributed by atoms with Crippen LogP contribution in [0.5, 0.6) is 11.5 Å². The maximum atomic E-state index is 11.8. The predicted octanol–water partition coefficient (Wildman–Crippen LogP) is 1.58. The van der Waals surface area contributed by atoms with Crippen LogP contribution in [0.25, 0.3) is 0 Å². The van der Waals surface area contributed by atoms with Crippen LogP contribution in [0.2, 0.25) is 0 Å². The van der Waals surface area contributed by atoms with E-state index in [9.17, 15) is 9.59 Å². The van der Waals surface area contributed by atoms with Crippen LogP contribution in [0.15, 0.2) is 24.3 Å². The maximum Gasteiger partial charge on any atom is 0.317 e. The Hall–Kier alpha value is -2.44. The molecule has 7 nitrogen and oxygen atoms in total. The molecule has 1 unspecified atom stereocenters. The molecule has 0 fully saturated rings. The number of urea groups is 1. The van der Waals surface area contributed by atoms with Gasteiger partial charge in [0.05, 0.1) is 20.1 Å². The van der Waals surface area contributed by atoms with Crippen molar-refractivity contribution >= 4 is 12.0 Å². The fourth-order valence-electron chi connectivity index (χ4n) is 1.68. The number of methoxy groups -OCH3 is 1. The van der Waals surface area contributed by atoms with Crippen LogP contribution in [0.1, 0.15) is 13.3 Å². The molecule has 2 amide bonds. The van der Waals surface area contributed by atoms with Crippen molar-refractivity contribution in [2.75, 3.05) is 27.2 Å². The molecule has 0 aromatic heterocycles. The third kappa shape index (κ3) is 6.34. The average molecular weight is 310 g/mol. The topological polar surface area (TPSA) is 88.1 Å². The Morgan fingerprint density at radius 1 is 1.36 bits per heavy atom. The number of carbonyl (C=O) groups excluding carboxylic acids is 1. The van der Waals surface area contributed by atoms with Crippen molar-refractivity contribution in [3.8, 4) is 11.5 Å². The molecular formula is C15H22N2O5. The second-order valence-electron chi connectivity index (χ2n) is 4.86. The van der Waals surface area contributed by atoms with Crippen LogP contribution in [-0.4, -0.2) is 55.4 Å². The Bertz CT molecular complexity index is 506. The van der Waals surface area contributed by atoms with Gasteiger partial charge in [-0.05, 0) is 19.1 Å². The third-order valence-electron chi connectivity index (χ3n) is 2.93. The summed E-state index contributed by atoms with van der Waals surface area (Å²) < 4.78 is 10.8. The highest BCUT2D eigenvalue weighted by Crippen LogP contribution is 2.19. The first kappa shape index (κ1) is 17.6. The lowest BCUT2D eigenvalue weighted by molar-refractivity contribution is -0.137. The first-order valence-corrected chi connectivity index (χ1v) is 6.94. The summed E-state index contributed by atoms with van der Waals surface area (Å²) in [4.78, 5) is 23.5. The number of benzene rings is 1. The van der Waals surface area contributed by atoms with Crippen LogP contribution < -0.4 is 14.8 Å². The first-order chi connectivity index (χ1) is 10.4. The van der Waals surface area contributed by atoms with Crippen molar-refractivity contribution in [3.63, 3.8) is 0 Å². The Kier molecular flexibility index (Phi) is 7.01. The lowest BCUT2D eigenvalue weighted by atomic mass is 10.3. The minimum Gasteiger partial charge on any atom is -0.497 e. The molecule has 1 aromatic rings. The standard InChI is InChI=1S/C15H22N2O5/c1-11(22-13-6-4-5-12(9-13)21-3)10-16-15(20)17(2)8-7-14(18)19/h4-6,9,11H,7-8,10H2,1-3H3,(H,16,20)(H,18,19). The van der Waals surface area contributed by atoms with Gasteiger partial charge in [0.15, 0.2) is 0 Å². The van der Waals surface area contributed by atoms with Crippen LogP contribution in [0.4, 0.5) is 4.79 Å². The molecule has 7 heteroatoms. The first-order valence-electron chi connectivity index (χ1n) is 6.94. The van der Waals surface area contributed by atoms with E-state index < -0.39 is 5.97 Å². The summed E-state index contributed by atoms with van der Waals surface area (Å²) in [6.07, 6.45) is -0.316. The molecule has 0 aliphatic heterocycles. The number of carbonyl (C=O) groups is 2. The van der Waals surface area contributed by atoms with Gasteiger partial charge in [-0.2, -0.15) is 0 Å². The van der Waals surface area contributed by atoms with Gasteiger partial charge >= 0.3 is 12.0 Å². The van der Waals surface area contributed by atoms with Crippen molar-refractivity contribution in [2.24, 2.45) is 0 Å². The summed E-state index contributed by atoms with van der Waals surface area (Å²) in [7, 11) is 3.13. The second-order valence-corrected chi connectivity index (χ2v) is 4.86. The summed E-state index contributed by atoms with van der Waals surface area (Å²) >= 11 is 0. The smallest absolute Gasteiger partial charge is 0.317 e. The third-order valence-corrected chi connectivity index (χ3v) is 2.93. The minimum atomic E-state index is -0.936. The zero-order chi connectivity index (χ0) is 16.5. The summed E-state index contributed by atoms with van der Waals surface area (Å²) in [5, 5.41) is 11.3. The van der Waals surface area contributed by atoms with E-state index in [1.54, 1.807) is 26.3 Å². The summed E-state index contributed by atoms with van der Waals surface area (Å²) in [6.45, 7) is 2.30. The average Bonchev–Trinajstić information content (AvgIpc) is 2.50. The molecule has 0 aliphatic carbocycles. The molecule has 1 atom stereocenters. The number of carboxylic acid groups (broad SMARTS) is 1. The summed E-state index contributed by atoms with van der Waals surface area (Å²) in [5.41, 5.74) is 0. The van der Waals surface area contributed by atoms with Crippen molar-refractivity contribution < 1.29 is 24.2 Å². The number of aliphatic carboxylic acids is 1. The van der Waals surface area contributed by atoms with Gasteiger partial charge in [-0.1, -0.05) is 6.07 Å². The normalized spacial score (nSPS) is 11.4. The Morgan fingerprint density at radius 2 is 2.05 bits per heavy atom. The molecule has 22 heavy (non-hydrogen) atoms. The van der Waals surface area contributed by atoms with Crippen molar-refractivity contribution in [2.45, 2.75) is 19.4 Å². The van der Waals surface area contributed by atoms with Crippen molar-refractivity contribution in [3.05, 3.63) is 24.3 Å². The van der Waals surface area contributed by atoms with E-state index in [0.717, 1.165) is 0 Å². The van der Waals surface area contributed by atoms with Gasteiger partial charge in [0, 0.05) is 19.7 Å². The molecule has 0 saturated carbocycles. The lowest BCUT2D eigenvalue weighted by Gasteiger charge is -2.20. The number of ether oxygens (including phenoxy) is 2. The molecule has 0 spiro atoms. The molecule has 0 bridgehead atoms. The van der Waals surface area contributed by atoms with Crippen LogP contribution in [0, 0.1) is 0 Å². The van der Waals surface area contributed by atoms with Crippen molar-refractivity contribution in [1.82, 2.24) is 10.2 Å². The van der Waals surface area contributed by atoms with Gasteiger partial charge in [0.2, 0.25) is 0 Å². The van der Waals surface area contributed by atoms with E-state index in [0.29, 0.717) is 18.0 Å². The summed E-state index contributed by atoms with van der Waals surface area (Å²) in [5.74, 6) is 0.414. The Balaban J connectivity index is 2.37. The molecule has 0 heterocycles. The number of nitrogens with zero attached hydrogens (tertiary/aromatic N) is 1. The highest BCUT2D eigenvalue weighted by Gasteiger charge is 2.12. The summed E-state index contributed by atoms with van der Waals surface area (Å²) in [6, 6.07) is 6.87. The van der Waals surface area contributed by atoms with E-state index in [1.807, 2.05) is 19.1 Å². The van der Waals surface area contributed by atoms with Gasteiger partial charge in [0.1, 0.15) is 17.6 Å². The lowest BCUT2D eigenvalue weighted by Crippen LogP contribution is -2.42. The maximum absolute atomic E-state index is 11.8. The molecule has 1 rings (SSSR count). The van der Waals surface area contributed by atoms with Gasteiger partial charge < -0.3 is 24.8 Å². The number of hydrogen-bond donors (Lipinski definition) is 2. The van der Waals surface area contributed by atoms with Gasteiger partial charge in [0.25, 0.3) is 0 Å². The zero-order valence-corrected chi connectivity index (χ0v) is 13.0. The van der Waals surface area contributed by atoms with E-state index >= 15 is 0 Å². The van der Waals surface area contributed by atoms with E-state index in [4.69, 9.17) is 14.6 Å². The molecule has 122 valence electrons. The molecule has 0 radical (unpaired) electrons. The van der Waals surface area contributed by atoms with E-state index in [-0.39, 0.29) is 25.1 Å². The Morgan fingerprint density at radius 3 is 2.68 bits per heavy atom. The monoisotopic (exact) mass is 310 g/mol. The van der Waals surface area contributed by atoms with Crippen LogP contribution in [0.3, 0.4) is 0 Å². The van der Waals surface area contributed by atoms with Crippen LogP contribution >= 0.6 is 0 Å². The number of hydrogen-bond acceptors (Lipinski definition) is 4. The molecular weight excluding hydrogens is 288 g/mol. The molecule has 0 aliphatic rings. The minimum absolute atomic E-state index is 0.0835. The SMILES string of the molecule is COc1cccc(OC(C)CNC(=O)N(C)CCC(=O)O)c1. The number of rotatable bonds is 8. The zero-order valence-electron chi connectivity index (χ0n) is 13.0. The Labute approximate surface area is 129 Å². The number of carboxylic acids is 1. The predicted molar refractivity (Wildman–Crippen MR) is 81.4 cm³/mol. The molecule has 0 saturated heterocycles. The van der Waals surface area contributed by atoms with E-state index in [2.05, 4.69) is 5.32 Å². The fourth-order valence-corrected chi connectivity index (χ4v) is 1.68. The number of amides is 2. The van der Waals surface area contributed by atoms with Gasteiger partial charge in [-0.25, -0.2) is 4.79 Å². The quantitative estimate of drug-likeness (QED) is 0.761. The van der Waals surface area contributed by atoms with Gasteiger partial charge in [-0.3, -0.25) is 4.79 Å². The highest BCUT2D eigenvalue weighted by atomic mass is 16.5. The van der Waals surface area contributed by atoms with Crippen molar-refractivity contribution in [1.29, 1.82) is 0 Å². The molecule has 1 aromatic carbocycles. The van der Waals surface area contributed by atoms with Gasteiger partial charge in [-0.15, -0.1) is 0 Å².